The topological polar surface area (TPSA) is 85.9 Å². The molecule has 0 fully saturated rings. The van der Waals surface area contributed by atoms with E-state index in [0.717, 1.165) is 0 Å². The van der Waals surface area contributed by atoms with Crippen molar-refractivity contribution in [2.24, 2.45) is 0 Å². The summed E-state index contributed by atoms with van der Waals surface area (Å²) in [5.74, 6) is -0.719. The van der Waals surface area contributed by atoms with Gasteiger partial charge in [-0.2, -0.15) is 0 Å². The number of hydrazine groups is 1. The number of carbonyl (C=O) groups is 2. The second kappa shape index (κ2) is 9.96. The predicted molar refractivity (Wildman–Crippen MR) is 101 cm³/mol. The number of methoxy groups -OCH3 is 2. The minimum Gasteiger partial charge on any atom is -0.493 e. The van der Waals surface area contributed by atoms with E-state index in [1.165, 1.54) is 45.4 Å². The highest BCUT2D eigenvalue weighted by Gasteiger charge is 2.16. The molecule has 2 rings (SSSR count). The maximum Gasteiger partial charge on any atom is 0.279 e. The molecule has 0 spiro atoms. The standard InChI is InChI=1S/C20H21FN2O5/c1-13(28-16-7-5-4-6-15(16)21)20(25)23-22-19(24)11-9-14-8-10-17(26-2)18(12-14)27-3/h4-13H,1-3H3,(H,22,24)(H,23,25)/b11-9+/t13-/m1/s1. The van der Waals surface area contributed by atoms with E-state index < -0.39 is 23.7 Å². The fraction of sp³-hybridized carbons (Fsp3) is 0.200. The van der Waals surface area contributed by atoms with Crippen LogP contribution < -0.4 is 25.1 Å². The lowest BCUT2D eigenvalue weighted by molar-refractivity contribution is -0.131. The van der Waals surface area contributed by atoms with E-state index >= 15 is 0 Å². The lowest BCUT2D eigenvalue weighted by Gasteiger charge is -2.15. The van der Waals surface area contributed by atoms with Gasteiger partial charge in [-0.3, -0.25) is 20.4 Å². The highest BCUT2D eigenvalue weighted by molar-refractivity contribution is 5.93. The molecule has 0 aliphatic heterocycles. The second-order valence-corrected chi connectivity index (χ2v) is 5.62. The van der Waals surface area contributed by atoms with Crippen LogP contribution in [0.5, 0.6) is 17.2 Å². The van der Waals surface area contributed by atoms with Crippen LogP contribution in [0.25, 0.3) is 6.08 Å². The van der Waals surface area contributed by atoms with E-state index in [-0.39, 0.29) is 5.75 Å². The lowest BCUT2D eigenvalue weighted by Crippen LogP contribution is -2.46. The summed E-state index contributed by atoms with van der Waals surface area (Å²) in [5, 5.41) is 0. The summed E-state index contributed by atoms with van der Waals surface area (Å²) >= 11 is 0. The molecule has 0 unspecified atom stereocenters. The number of para-hydroxylation sites is 1. The Hall–Kier alpha value is -3.55. The van der Waals surface area contributed by atoms with Crippen molar-refractivity contribution in [2.45, 2.75) is 13.0 Å². The quantitative estimate of drug-likeness (QED) is 0.562. The van der Waals surface area contributed by atoms with Gasteiger partial charge < -0.3 is 14.2 Å². The lowest BCUT2D eigenvalue weighted by atomic mass is 10.2. The van der Waals surface area contributed by atoms with Gasteiger partial charge in [0.2, 0.25) is 0 Å². The second-order valence-electron chi connectivity index (χ2n) is 5.62. The molecule has 1 atom stereocenters. The minimum atomic E-state index is -1.01. The number of nitrogens with one attached hydrogen (secondary N) is 2. The highest BCUT2D eigenvalue weighted by Crippen LogP contribution is 2.27. The zero-order valence-corrected chi connectivity index (χ0v) is 15.7. The van der Waals surface area contributed by atoms with Crippen LogP contribution in [0.3, 0.4) is 0 Å². The molecule has 0 aliphatic rings. The molecule has 148 valence electrons. The van der Waals surface area contributed by atoms with Gasteiger partial charge >= 0.3 is 0 Å². The Morgan fingerprint density at radius 1 is 1.00 bits per heavy atom. The van der Waals surface area contributed by atoms with Crippen LogP contribution in [-0.2, 0) is 9.59 Å². The van der Waals surface area contributed by atoms with Gasteiger partial charge in [-0.1, -0.05) is 18.2 Å². The molecular weight excluding hydrogens is 367 g/mol. The number of rotatable bonds is 7. The molecule has 7 nitrogen and oxygen atoms in total. The molecule has 2 amide bonds. The summed E-state index contributed by atoms with van der Waals surface area (Å²) in [6.07, 6.45) is 1.78. The number of halogens is 1. The van der Waals surface area contributed by atoms with Crippen molar-refractivity contribution in [3.8, 4) is 17.2 Å². The van der Waals surface area contributed by atoms with Gasteiger partial charge in [-0.15, -0.1) is 0 Å². The Morgan fingerprint density at radius 2 is 1.71 bits per heavy atom. The molecule has 0 saturated heterocycles. The molecule has 0 bridgehead atoms. The van der Waals surface area contributed by atoms with E-state index in [9.17, 15) is 14.0 Å². The van der Waals surface area contributed by atoms with E-state index in [1.807, 2.05) is 0 Å². The van der Waals surface area contributed by atoms with Crippen molar-refractivity contribution >= 4 is 17.9 Å². The molecule has 28 heavy (non-hydrogen) atoms. The average molecular weight is 388 g/mol. The molecule has 0 radical (unpaired) electrons. The first kappa shape index (κ1) is 20.8. The van der Waals surface area contributed by atoms with Crippen LogP contribution in [-0.4, -0.2) is 32.1 Å². The molecule has 0 aliphatic carbocycles. The zero-order valence-electron chi connectivity index (χ0n) is 15.7. The monoisotopic (exact) mass is 388 g/mol. The Morgan fingerprint density at radius 3 is 2.39 bits per heavy atom. The van der Waals surface area contributed by atoms with Crippen molar-refractivity contribution in [3.63, 3.8) is 0 Å². The summed E-state index contributed by atoms with van der Waals surface area (Å²) in [5.41, 5.74) is 5.15. The van der Waals surface area contributed by atoms with Gasteiger partial charge in [-0.25, -0.2) is 4.39 Å². The van der Waals surface area contributed by atoms with Crippen molar-refractivity contribution in [2.75, 3.05) is 14.2 Å². The fourth-order valence-corrected chi connectivity index (χ4v) is 2.18. The molecule has 0 aromatic heterocycles. The van der Waals surface area contributed by atoms with Crippen molar-refractivity contribution in [1.82, 2.24) is 10.9 Å². The van der Waals surface area contributed by atoms with Crippen molar-refractivity contribution < 1.29 is 28.2 Å². The first-order valence-electron chi connectivity index (χ1n) is 8.35. The molecule has 0 heterocycles. The third-order valence-electron chi connectivity index (χ3n) is 3.65. The maximum absolute atomic E-state index is 13.5. The number of hydrogen-bond donors (Lipinski definition) is 2. The Kier molecular flexibility index (Phi) is 7.38. The number of carbonyl (C=O) groups excluding carboxylic acids is 2. The van der Waals surface area contributed by atoms with E-state index in [4.69, 9.17) is 14.2 Å². The van der Waals surface area contributed by atoms with Crippen LogP contribution >= 0.6 is 0 Å². The summed E-state index contributed by atoms with van der Waals surface area (Å²) in [4.78, 5) is 23.8. The maximum atomic E-state index is 13.5. The first-order chi connectivity index (χ1) is 13.4. The summed E-state index contributed by atoms with van der Waals surface area (Å²) in [7, 11) is 3.04. The molecule has 2 N–H and O–H groups in total. The Balaban J connectivity index is 1.87. The smallest absolute Gasteiger partial charge is 0.279 e. The van der Waals surface area contributed by atoms with E-state index in [1.54, 1.807) is 30.3 Å². The third-order valence-corrected chi connectivity index (χ3v) is 3.65. The van der Waals surface area contributed by atoms with Gasteiger partial charge in [0.15, 0.2) is 29.2 Å². The largest absolute Gasteiger partial charge is 0.493 e. The normalized spacial score (nSPS) is 11.6. The van der Waals surface area contributed by atoms with Crippen LogP contribution in [0.15, 0.2) is 48.5 Å². The Labute approximate surface area is 162 Å². The minimum absolute atomic E-state index is 0.0511. The van der Waals surface area contributed by atoms with Crippen LogP contribution in [0, 0.1) is 5.82 Å². The molecule has 2 aromatic carbocycles. The number of hydrogen-bond acceptors (Lipinski definition) is 5. The zero-order chi connectivity index (χ0) is 20.5. The molecule has 8 heteroatoms. The average Bonchev–Trinajstić information content (AvgIpc) is 2.71. The van der Waals surface area contributed by atoms with Gasteiger partial charge in [0.25, 0.3) is 11.8 Å². The van der Waals surface area contributed by atoms with Gasteiger partial charge in [0.1, 0.15) is 0 Å². The molecular formula is C20H21FN2O5. The van der Waals surface area contributed by atoms with Crippen LogP contribution in [0.2, 0.25) is 0 Å². The first-order valence-corrected chi connectivity index (χ1v) is 8.35. The van der Waals surface area contributed by atoms with Gasteiger partial charge in [0, 0.05) is 6.08 Å². The highest BCUT2D eigenvalue weighted by atomic mass is 19.1. The third kappa shape index (κ3) is 5.73. The van der Waals surface area contributed by atoms with Crippen molar-refractivity contribution in [1.29, 1.82) is 0 Å². The van der Waals surface area contributed by atoms with Crippen LogP contribution in [0.1, 0.15) is 12.5 Å². The summed E-state index contributed by atoms with van der Waals surface area (Å²) in [6.45, 7) is 1.44. The predicted octanol–water partition coefficient (Wildman–Crippen LogP) is 2.47. The van der Waals surface area contributed by atoms with E-state index in [0.29, 0.717) is 17.1 Å². The van der Waals surface area contributed by atoms with Gasteiger partial charge in [-0.05, 0) is 42.8 Å². The summed E-state index contributed by atoms with van der Waals surface area (Å²) < 4.78 is 29.1. The molecule has 0 saturated carbocycles. The van der Waals surface area contributed by atoms with E-state index in [2.05, 4.69) is 10.9 Å². The molecule has 2 aromatic rings. The SMILES string of the molecule is COc1ccc(/C=C/C(=O)NNC(=O)[C@@H](C)Oc2ccccc2F)cc1OC. The van der Waals surface area contributed by atoms with Crippen molar-refractivity contribution in [3.05, 3.63) is 59.9 Å². The van der Waals surface area contributed by atoms with Gasteiger partial charge in [0.05, 0.1) is 14.2 Å². The number of ether oxygens (including phenoxy) is 3. The number of amides is 2. The van der Waals surface area contributed by atoms with Crippen LogP contribution in [0.4, 0.5) is 4.39 Å². The fourth-order valence-electron chi connectivity index (χ4n) is 2.18. The Bertz CT molecular complexity index is 869. The summed E-state index contributed by atoms with van der Waals surface area (Å²) in [6, 6.07) is 10.9. The number of benzene rings is 2.